The Kier molecular flexibility index (Phi) is 37.7. The second kappa shape index (κ2) is 39.4. The Bertz CT molecular complexity index is 1020. The third kappa shape index (κ3) is 37.1. The Labute approximate surface area is 344 Å². The van der Waals surface area contributed by atoms with E-state index < -0.39 is 18.1 Å². The number of likely N-dealkylation sites (N-methyl/N-ethyl adjacent to an activating group) is 1. The zero-order valence-electron chi connectivity index (χ0n) is 37.1. The topological polar surface area (TPSA) is 99.1 Å². The standard InChI is InChI=1S/C48H87NO7/c1-6-8-10-12-14-16-18-19-20-21-22-23-24-25-26-27-29-30-32-34-36-38-46(50)55-43-44(42-54-41-40-45(48(52)53)49(3,4)5)56-47(51)39-37-35-33-31-28-17-15-13-11-9-7-2/h13,15,17,23-24,28,44-45H,6-12,14,16,18-22,25-27,29-43H2,1-5H3/p+1/b15-13+,24-23+,28-17+. The van der Waals surface area contributed by atoms with Gasteiger partial charge in [0.25, 0.3) is 0 Å². The quantitative estimate of drug-likeness (QED) is 0.0216. The third-order valence-corrected chi connectivity index (χ3v) is 10.3. The number of nitrogens with zero attached hydrogens (tertiary/aromatic N) is 1. The summed E-state index contributed by atoms with van der Waals surface area (Å²) in [6.45, 7) is 4.66. The highest BCUT2D eigenvalue weighted by atomic mass is 16.6. The first-order valence-corrected chi connectivity index (χ1v) is 23.0. The fourth-order valence-electron chi connectivity index (χ4n) is 6.65. The normalized spacial score (nSPS) is 13.2. The van der Waals surface area contributed by atoms with Crippen molar-refractivity contribution >= 4 is 17.9 Å². The Morgan fingerprint density at radius 1 is 0.536 bits per heavy atom. The summed E-state index contributed by atoms with van der Waals surface area (Å²) in [7, 11) is 5.51. The van der Waals surface area contributed by atoms with Crippen LogP contribution in [0.5, 0.6) is 0 Å². The molecular weight excluding hydrogens is 703 g/mol. The zero-order valence-corrected chi connectivity index (χ0v) is 37.1. The number of esters is 2. The molecule has 0 heterocycles. The van der Waals surface area contributed by atoms with Crippen LogP contribution in [0.2, 0.25) is 0 Å². The molecule has 2 atom stereocenters. The summed E-state index contributed by atoms with van der Waals surface area (Å²) < 4.78 is 17.2. The lowest BCUT2D eigenvalue weighted by molar-refractivity contribution is -0.887. The molecule has 1 N–H and O–H groups in total. The van der Waals surface area contributed by atoms with Crippen LogP contribution in [0.25, 0.3) is 0 Å². The summed E-state index contributed by atoms with van der Waals surface area (Å²) >= 11 is 0. The van der Waals surface area contributed by atoms with Gasteiger partial charge < -0.3 is 23.8 Å². The average Bonchev–Trinajstić information content (AvgIpc) is 3.15. The molecule has 0 aliphatic carbocycles. The SMILES string of the molecule is CCCC/C=C/C=C/CCCCCC(=O)OC(COCCC(C(=O)O)[N+](C)(C)C)COC(=O)CCCCCCCCC/C=C/CCCCCCCCCCCC. The maximum atomic E-state index is 12.7. The fraction of sp³-hybridized carbons (Fsp3) is 0.812. The molecule has 0 aromatic carbocycles. The molecule has 326 valence electrons. The minimum atomic E-state index is -0.880. The highest BCUT2D eigenvalue weighted by Gasteiger charge is 2.31. The van der Waals surface area contributed by atoms with Crippen molar-refractivity contribution in [2.75, 3.05) is 41.0 Å². The van der Waals surface area contributed by atoms with E-state index in [1.807, 2.05) is 21.1 Å². The van der Waals surface area contributed by atoms with Gasteiger partial charge in [-0.3, -0.25) is 9.59 Å². The molecule has 0 spiro atoms. The van der Waals surface area contributed by atoms with Gasteiger partial charge in [-0.25, -0.2) is 4.79 Å². The van der Waals surface area contributed by atoms with Crippen molar-refractivity contribution in [3.05, 3.63) is 36.5 Å². The number of hydrogen-bond acceptors (Lipinski definition) is 6. The maximum Gasteiger partial charge on any atom is 0.362 e. The van der Waals surface area contributed by atoms with Crippen LogP contribution >= 0.6 is 0 Å². The van der Waals surface area contributed by atoms with E-state index in [2.05, 4.69) is 50.3 Å². The minimum Gasteiger partial charge on any atom is -0.477 e. The second-order valence-electron chi connectivity index (χ2n) is 16.7. The van der Waals surface area contributed by atoms with E-state index >= 15 is 0 Å². The van der Waals surface area contributed by atoms with Gasteiger partial charge in [0, 0.05) is 19.3 Å². The number of allylic oxidation sites excluding steroid dienone is 6. The number of hydrogen-bond donors (Lipinski definition) is 1. The van der Waals surface area contributed by atoms with Gasteiger partial charge in [-0.2, -0.15) is 0 Å². The van der Waals surface area contributed by atoms with E-state index in [9.17, 15) is 19.5 Å². The van der Waals surface area contributed by atoms with Gasteiger partial charge in [0.2, 0.25) is 0 Å². The number of carboxylic acids is 1. The lowest BCUT2D eigenvalue weighted by atomic mass is 10.1. The van der Waals surface area contributed by atoms with E-state index in [0.717, 1.165) is 51.4 Å². The first-order chi connectivity index (χ1) is 27.1. The van der Waals surface area contributed by atoms with Gasteiger partial charge in [-0.05, 0) is 57.8 Å². The molecular formula is C48H88NO7+. The van der Waals surface area contributed by atoms with Crippen LogP contribution in [-0.2, 0) is 28.6 Å². The van der Waals surface area contributed by atoms with Crippen molar-refractivity contribution < 1.29 is 38.2 Å². The fourth-order valence-corrected chi connectivity index (χ4v) is 6.65. The van der Waals surface area contributed by atoms with Crippen LogP contribution < -0.4 is 0 Å². The van der Waals surface area contributed by atoms with Crippen molar-refractivity contribution in [2.45, 2.75) is 212 Å². The molecule has 0 saturated carbocycles. The molecule has 56 heavy (non-hydrogen) atoms. The van der Waals surface area contributed by atoms with Crippen molar-refractivity contribution in [1.29, 1.82) is 0 Å². The van der Waals surface area contributed by atoms with Gasteiger partial charge >= 0.3 is 17.9 Å². The Morgan fingerprint density at radius 3 is 1.46 bits per heavy atom. The summed E-state index contributed by atoms with van der Waals surface area (Å²) in [6, 6.07) is -0.619. The zero-order chi connectivity index (χ0) is 41.4. The van der Waals surface area contributed by atoms with Crippen molar-refractivity contribution in [2.24, 2.45) is 0 Å². The highest BCUT2D eigenvalue weighted by Crippen LogP contribution is 2.14. The smallest absolute Gasteiger partial charge is 0.362 e. The van der Waals surface area contributed by atoms with Gasteiger partial charge in [0.1, 0.15) is 6.61 Å². The molecule has 0 saturated heterocycles. The Balaban J connectivity index is 4.24. The largest absolute Gasteiger partial charge is 0.477 e. The monoisotopic (exact) mass is 791 g/mol. The lowest BCUT2D eigenvalue weighted by Crippen LogP contribution is -2.50. The maximum absolute atomic E-state index is 12.7. The second-order valence-corrected chi connectivity index (χ2v) is 16.7. The van der Waals surface area contributed by atoms with Gasteiger partial charge in [0.05, 0.1) is 34.4 Å². The van der Waals surface area contributed by atoms with Crippen LogP contribution in [0.4, 0.5) is 0 Å². The number of rotatable bonds is 41. The number of carbonyl (C=O) groups excluding carboxylic acids is 2. The molecule has 0 aromatic heterocycles. The van der Waals surface area contributed by atoms with Crippen molar-refractivity contribution in [1.82, 2.24) is 0 Å². The molecule has 0 radical (unpaired) electrons. The predicted octanol–water partition coefficient (Wildman–Crippen LogP) is 12.6. The van der Waals surface area contributed by atoms with E-state index in [1.54, 1.807) is 0 Å². The van der Waals surface area contributed by atoms with Crippen LogP contribution in [-0.4, -0.2) is 80.6 Å². The molecule has 8 heteroatoms. The van der Waals surface area contributed by atoms with Crippen molar-refractivity contribution in [3.63, 3.8) is 0 Å². The van der Waals surface area contributed by atoms with Gasteiger partial charge in [-0.1, -0.05) is 159 Å². The first-order valence-electron chi connectivity index (χ1n) is 23.0. The molecule has 0 bridgehead atoms. The average molecular weight is 791 g/mol. The van der Waals surface area contributed by atoms with Gasteiger partial charge in [-0.15, -0.1) is 0 Å². The van der Waals surface area contributed by atoms with E-state index in [-0.39, 0.29) is 36.2 Å². The van der Waals surface area contributed by atoms with Crippen molar-refractivity contribution in [3.8, 4) is 0 Å². The number of unbranched alkanes of at least 4 members (excludes halogenated alkanes) is 22. The lowest BCUT2D eigenvalue weighted by Gasteiger charge is -2.31. The molecule has 8 nitrogen and oxygen atoms in total. The number of aliphatic carboxylic acids is 1. The van der Waals surface area contributed by atoms with Crippen LogP contribution in [0, 0.1) is 0 Å². The summed E-state index contributed by atoms with van der Waals surface area (Å²) in [4.78, 5) is 36.9. The number of ether oxygens (including phenoxy) is 3. The van der Waals surface area contributed by atoms with E-state index in [0.29, 0.717) is 19.3 Å². The summed E-state index contributed by atoms with van der Waals surface area (Å²) in [5.41, 5.74) is 0. The summed E-state index contributed by atoms with van der Waals surface area (Å²) in [5.74, 6) is -1.51. The molecule has 0 aromatic rings. The molecule has 0 aliphatic heterocycles. The molecule has 0 aliphatic rings. The molecule has 2 unspecified atom stereocenters. The van der Waals surface area contributed by atoms with Gasteiger partial charge in [0.15, 0.2) is 12.1 Å². The number of carbonyl (C=O) groups is 3. The highest BCUT2D eigenvalue weighted by molar-refractivity contribution is 5.72. The Hall–Kier alpha value is -2.45. The summed E-state index contributed by atoms with van der Waals surface area (Å²) in [6.07, 6.45) is 44.8. The predicted molar refractivity (Wildman–Crippen MR) is 234 cm³/mol. The summed E-state index contributed by atoms with van der Waals surface area (Å²) in [5, 5.41) is 9.61. The molecule has 0 rings (SSSR count). The Morgan fingerprint density at radius 2 is 0.964 bits per heavy atom. The van der Waals surface area contributed by atoms with E-state index in [1.165, 1.54) is 116 Å². The van der Waals surface area contributed by atoms with E-state index in [4.69, 9.17) is 14.2 Å². The van der Waals surface area contributed by atoms with Crippen LogP contribution in [0.1, 0.15) is 200 Å². The number of carboxylic acid groups (broad SMARTS) is 1. The molecule has 0 fully saturated rings. The first kappa shape index (κ1) is 53.6. The van der Waals surface area contributed by atoms with Crippen LogP contribution in [0.15, 0.2) is 36.5 Å². The van der Waals surface area contributed by atoms with Crippen LogP contribution in [0.3, 0.4) is 0 Å². The minimum absolute atomic E-state index is 0.0498. The molecule has 0 amide bonds. The third-order valence-electron chi connectivity index (χ3n) is 10.3. The number of quaternary nitrogens is 1.